The number of aryl methyl sites for hydroxylation is 3. The van der Waals surface area contributed by atoms with E-state index in [0.29, 0.717) is 10.6 Å². The lowest BCUT2D eigenvalue weighted by molar-refractivity contribution is 0.617. The molecule has 0 radical (unpaired) electrons. The minimum atomic E-state index is -0.342. The lowest BCUT2D eigenvalue weighted by Gasteiger charge is -2.16. The fourth-order valence-corrected chi connectivity index (χ4v) is 2.55. The van der Waals surface area contributed by atoms with Gasteiger partial charge >= 0.3 is 0 Å². The van der Waals surface area contributed by atoms with Crippen LogP contribution in [0.2, 0.25) is 5.02 Å². The summed E-state index contributed by atoms with van der Waals surface area (Å²) >= 11 is 6.11. The van der Waals surface area contributed by atoms with E-state index in [-0.39, 0.29) is 11.9 Å². The molecular formula is C16H17ClFN. The topological polar surface area (TPSA) is 26.0 Å². The maximum atomic E-state index is 13.4. The van der Waals surface area contributed by atoms with E-state index in [4.69, 9.17) is 17.3 Å². The molecule has 0 amide bonds. The Morgan fingerprint density at radius 3 is 2.16 bits per heavy atom. The molecule has 0 saturated heterocycles. The van der Waals surface area contributed by atoms with Gasteiger partial charge in [-0.05, 0) is 49.6 Å². The third-order valence-electron chi connectivity index (χ3n) is 3.22. The standard InChI is InChI=1S/C16H17ClFN/c1-9-4-10(2)6-12(5-9)16(19)13-7-11(3)15(18)8-14(13)17/h4-8,16H,19H2,1-3H3. The van der Waals surface area contributed by atoms with E-state index in [9.17, 15) is 4.39 Å². The second kappa shape index (κ2) is 5.32. The summed E-state index contributed by atoms with van der Waals surface area (Å²) in [6.07, 6.45) is 0. The molecule has 0 aliphatic rings. The number of hydrogen-bond acceptors (Lipinski definition) is 1. The van der Waals surface area contributed by atoms with E-state index in [1.807, 2.05) is 26.0 Å². The van der Waals surface area contributed by atoms with Gasteiger partial charge < -0.3 is 5.73 Å². The largest absolute Gasteiger partial charge is 0.320 e. The SMILES string of the molecule is Cc1cc(C)cc(C(N)c2cc(C)c(F)cc2Cl)c1. The van der Waals surface area contributed by atoms with Crippen molar-refractivity contribution in [3.8, 4) is 0 Å². The van der Waals surface area contributed by atoms with Gasteiger partial charge in [0.1, 0.15) is 5.82 Å². The maximum Gasteiger partial charge on any atom is 0.127 e. The quantitative estimate of drug-likeness (QED) is 0.862. The van der Waals surface area contributed by atoms with Gasteiger partial charge in [0.05, 0.1) is 6.04 Å². The molecule has 2 rings (SSSR count). The van der Waals surface area contributed by atoms with Crippen molar-refractivity contribution >= 4 is 11.6 Å². The Hall–Kier alpha value is -1.38. The van der Waals surface area contributed by atoms with Gasteiger partial charge in [0, 0.05) is 5.02 Å². The summed E-state index contributed by atoms with van der Waals surface area (Å²) in [5.41, 5.74) is 10.9. The molecule has 1 unspecified atom stereocenters. The van der Waals surface area contributed by atoms with E-state index < -0.39 is 0 Å². The van der Waals surface area contributed by atoms with Crippen molar-refractivity contribution in [2.24, 2.45) is 5.73 Å². The molecule has 0 aliphatic carbocycles. The Kier molecular flexibility index (Phi) is 3.93. The van der Waals surface area contributed by atoms with Crippen LogP contribution >= 0.6 is 11.6 Å². The van der Waals surface area contributed by atoms with Crippen molar-refractivity contribution in [2.75, 3.05) is 0 Å². The molecule has 3 heteroatoms. The number of benzene rings is 2. The Labute approximate surface area is 118 Å². The summed E-state index contributed by atoms with van der Waals surface area (Å²) in [7, 11) is 0. The first-order chi connectivity index (χ1) is 8.88. The molecule has 2 N–H and O–H groups in total. The summed E-state index contributed by atoms with van der Waals surface area (Å²) in [4.78, 5) is 0. The average molecular weight is 278 g/mol. The first-order valence-electron chi connectivity index (χ1n) is 6.18. The molecular weight excluding hydrogens is 261 g/mol. The van der Waals surface area contributed by atoms with Crippen LogP contribution in [0.25, 0.3) is 0 Å². The molecule has 0 aliphatic heterocycles. The molecule has 2 aromatic rings. The minimum Gasteiger partial charge on any atom is -0.320 e. The smallest absolute Gasteiger partial charge is 0.127 e. The number of nitrogens with two attached hydrogens (primary N) is 1. The van der Waals surface area contributed by atoms with Crippen molar-refractivity contribution in [2.45, 2.75) is 26.8 Å². The van der Waals surface area contributed by atoms with E-state index in [2.05, 4.69) is 6.07 Å². The van der Waals surface area contributed by atoms with Gasteiger partial charge in [-0.3, -0.25) is 0 Å². The number of halogens is 2. The van der Waals surface area contributed by atoms with Gasteiger partial charge in [0.2, 0.25) is 0 Å². The zero-order valence-electron chi connectivity index (χ0n) is 11.3. The fraction of sp³-hybridized carbons (Fsp3) is 0.250. The summed E-state index contributed by atoms with van der Waals surface area (Å²) in [5, 5.41) is 0.370. The third kappa shape index (κ3) is 2.96. The predicted octanol–water partition coefficient (Wildman–Crippen LogP) is 4.45. The second-order valence-corrected chi connectivity index (χ2v) is 5.43. The monoisotopic (exact) mass is 277 g/mol. The van der Waals surface area contributed by atoms with Gasteiger partial charge in [-0.15, -0.1) is 0 Å². The van der Waals surface area contributed by atoms with Crippen LogP contribution in [0.15, 0.2) is 30.3 Å². The highest BCUT2D eigenvalue weighted by Gasteiger charge is 2.15. The molecule has 0 spiro atoms. The van der Waals surface area contributed by atoms with Crippen molar-refractivity contribution in [3.05, 3.63) is 69.0 Å². The number of hydrogen-bond donors (Lipinski definition) is 1. The van der Waals surface area contributed by atoms with Gasteiger partial charge in [-0.2, -0.15) is 0 Å². The van der Waals surface area contributed by atoms with Gasteiger partial charge in [-0.1, -0.05) is 40.9 Å². The highest BCUT2D eigenvalue weighted by atomic mass is 35.5. The van der Waals surface area contributed by atoms with Crippen molar-refractivity contribution in [1.82, 2.24) is 0 Å². The van der Waals surface area contributed by atoms with Crippen LogP contribution in [0.4, 0.5) is 4.39 Å². The van der Waals surface area contributed by atoms with Crippen molar-refractivity contribution in [3.63, 3.8) is 0 Å². The molecule has 0 heterocycles. The van der Waals surface area contributed by atoms with Crippen LogP contribution in [-0.4, -0.2) is 0 Å². The summed E-state index contributed by atoms with van der Waals surface area (Å²) in [6, 6.07) is 8.87. The van der Waals surface area contributed by atoms with Crippen molar-refractivity contribution in [1.29, 1.82) is 0 Å². The minimum absolute atomic E-state index is 0.304. The van der Waals surface area contributed by atoms with E-state index in [1.165, 1.54) is 6.07 Å². The van der Waals surface area contributed by atoms with E-state index in [1.54, 1.807) is 13.0 Å². The highest BCUT2D eigenvalue weighted by molar-refractivity contribution is 6.31. The predicted molar refractivity (Wildman–Crippen MR) is 78.1 cm³/mol. The Morgan fingerprint density at radius 2 is 1.58 bits per heavy atom. The van der Waals surface area contributed by atoms with Gasteiger partial charge in [-0.25, -0.2) is 4.39 Å². The summed E-state index contributed by atoms with van der Waals surface area (Å²) in [5.74, 6) is -0.304. The van der Waals surface area contributed by atoms with Crippen LogP contribution in [0, 0.1) is 26.6 Å². The first kappa shape index (κ1) is 14.0. The molecule has 100 valence electrons. The molecule has 0 aromatic heterocycles. The molecule has 1 nitrogen and oxygen atoms in total. The average Bonchev–Trinajstić information content (AvgIpc) is 2.31. The molecule has 0 saturated carbocycles. The van der Waals surface area contributed by atoms with Crippen LogP contribution in [-0.2, 0) is 0 Å². The zero-order chi connectivity index (χ0) is 14.2. The third-order valence-corrected chi connectivity index (χ3v) is 3.54. The van der Waals surface area contributed by atoms with Gasteiger partial charge in [0.25, 0.3) is 0 Å². The second-order valence-electron chi connectivity index (χ2n) is 5.02. The zero-order valence-corrected chi connectivity index (χ0v) is 12.1. The lowest BCUT2D eigenvalue weighted by Crippen LogP contribution is -2.13. The number of rotatable bonds is 2. The van der Waals surface area contributed by atoms with Crippen LogP contribution in [0.3, 0.4) is 0 Å². The molecule has 0 fully saturated rings. The first-order valence-corrected chi connectivity index (χ1v) is 6.55. The fourth-order valence-electron chi connectivity index (χ4n) is 2.29. The summed E-state index contributed by atoms with van der Waals surface area (Å²) in [6.45, 7) is 5.77. The van der Waals surface area contributed by atoms with Crippen LogP contribution in [0.5, 0.6) is 0 Å². The Morgan fingerprint density at radius 1 is 1.00 bits per heavy atom. The van der Waals surface area contributed by atoms with Gasteiger partial charge in [0.15, 0.2) is 0 Å². The molecule has 0 bridgehead atoms. The normalized spacial score (nSPS) is 12.5. The highest BCUT2D eigenvalue weighted by Crippen LogP contribution is 2.29. The van der Waals surface area contributed by atoms with E-state index in [0.717, 1.165) is 22.3 Å². The van der Waals surface area contributed by atoms with E-state index >= 15 is 0 Å². The lowest BCUT2D eigenvalue weighted by atomic mass is 9.95. The van der Waals surface area contributed by atoms with Crippen LogP contribution < -0.4 is 5.73 Å². The maximum absolute atomic E-state index is 13.4. The molecule has 19 heavy (non-hydrogen) atoms. The summed E-state index contributed by atoms with van der Waals surface area (Å²) < 4.78 is 13.4. The Bertz CT molecular complexity index is 602. The molecule has 1 atom stereocenters. The Balaban J connectivity index is 2.49. The van der Waals surface area contributed by atoms with Crippen LogP contribution in [0.1, 0.15) is 33.9 Å². The molecule has 2 aromatic carbocycles. The van der Waals surface area contributed by atoms with Crippen molar-refractivity contribution < 1.29 is 4.39 Å².